The minimum absolute atomic E-state index is 0.249. The van der Waals surface area contributed by atoms with Crippen molar-refractivity contribution < 1.29 is 9.53 Å². The van der Waals surface area contributed by atoms with Crippen molar-refractivity contribution in [2.24, 2.45) is 0 Å². The SMILES string of the molecule is CNC(=O)Nc1cccc(-c2cc3cnc(NC(C)C)nc3cc2OC)c1. The summed E-state index contributed by atoms with van der Waals surface area (Å²) in [6, 6.07) is 11.5. The summed E-state index contributed by atoms with van der Waals surface area (Å²) in [6.07, 6.45) is 1.79. The van der Waals surface area contributed by atoms with Crippen molar-refractivity contribution in [3.8, 4) is 16.9 Å². The highest BCUT2D eigenvalue weighted by atomic mass is 16.5. The number of carbonyl (C=O) groups excluding carboxylic acids is 1. The van der Waals surface area contributed by atoms with Gasteiger partial charge in [-0.1, -0.05) is 12.1 Å². The van der Waals surface area contributed by atoms with Gasteiger partial charge in [0.05, 0.1) is 12.6 Å². The molecule has 1 heterocycles. The van der Waals surface area contributed by atoms with Gasteiger partial charge in [-0.05, 0) is 37.6 Å². The number of anilines is 2. The molecule has 0 aliphatic rings. The van der Waals surface area contributed by atoms with Crippen LogP contribution in [-0.4, -0.2) is 36.2 Å². The molecule has 3 rings (SSSR count). The molecule has 0 spiro atoms. The van der Waals surface area contributed by atoms with Gasteiger partial charge in [0.1, 0.15) is 5.75 Å². The molecule has 7 nitrogen and oxygen atoms in total. The van der Waals surface area contributed by atoms with Crippen molar-refractivity contribution in [2.45, 2.75) is 19.9 Å². The maximum atomic E-state index is 11.6. The van der Waals surface area contributed by atoms with Crippen molar-refractivity contribution in [1.29, 1.82) is 0 Å². The number of nitrogens with one attached hydrogen (secondary N) is 3. The second kappa shape index (κ2) is 7.90. The van der Waals surface area contributed by atoms with Gasteiger partial charge in [-0.25, -0.2) is 14.8 Å². The molecule has 2 amide bonds. The van der Waals surface area contributed by atoms with Crippen LogP contribution in [0.3, 0.4) is 0 Å². The summed E-state index contributed by atoms with van der Waals surface area (Å²) >= 11 is 0. The van der Waals surface area contributed by atoms with E-state index in [1.807, 2.05) is 50.2 Å². The number of hydrogen-bond acceptors (Lipinski definition) is 5. The zero-order chi connectivity index (χ0) is 19.4. The number of aromatic nitrogens is 2. The van der Waals surface area contributed by atoms with E-state index in [1.54, 1.807) is 20.4 Å². The third-order valence-corrected chi connectivity index (χ3v) is 3.98. The summed E-state index contributed by atoms with van der Waals surface area (Å²) in [4.78, 5) is 20.5. The Labute approximate surface area is 158 Å². The van der Waals surface area contributed by atoms with Crippen LogP contribution in [0.2, 0.25) is 0 Å². The fourth-order valence-electron chi connectivity index (χ4n) is 2.74. The molecule has 2 aromatic carbocycles. The minimum atomic E-state index is -0.267. The Morgan fingerprint density at radius 1 is 1.19 bits per heavy atom. The second-order valence-electron chi connectivity index (χ2n) is 6.39. The first-order valence-electron chi connectivity index (χ1n) is 8.70. The minimum Gasteiger partial charge on any atom is -0.496 e. The van der Waals surface area contributed by atoms with Crippen molar-refractivity contribution in [3.05, 3.63) is 42.6 Å². The lowest BCUT2D eigenvalue weighted by molar-refractivity contribution is 0.254. The van der Waals surface area contributed by atoms with Crippen molar-refractivity contribution in [2.75, 3.05) is 24.8 Å². The number of carbonyl (C=O) groups is 1. The van der Waals surface area contributed by atoms with Gasteiger partial charge in [0.15, 0.2) is 0 Å². The molecule has 0 aliphatic carbocycles. The maximum Gasteiger partial charge on any atom is 0.318 e. The summed E-state index contributed by atoms with van der Waals surface area (Å²) in [7, 11) is 3.21. The van der Waals surface area contributed by atoms with Crippen LogP contribution in [0.25, 0.3) is 22.0 Å². The topological polar surface area (TPSA) is 88.2 Å². The molecule has 0 aliphatic heterocycles. The quantitative estimate of drug-likeness (QED) is 0.639. The lowest BCUT2D eigenvalue weighted by Gasteiger charge is -2.13. The number of rotatable bonds is 5. The van der Waals surface area contributed by atoms with E-state index in [9.17, 15) is 4.79 Å². The molecule has 0 saturated carbocycles. The number of fused-ring (bicyclic) bond motifs is 1. The number of urea groups is 1. The largest absolute Gasteiger partial charge is 0.496 e. The van der Waals surface area contributed by atoms with E-state index in [1.165, 1.54) is 0 Å². The van der Waals surface area contributed by atoms with Crippen LogP contribution in [0.5, 0.6) is 5.75 Å². The summed E-state index contributed by atoms with van der Waals surface area (Å²) in [5, 5.41) is 9.43. The summed E-state index contributed by atoms with van der Waals surface area (Å²) in [5.74, 6) is 1.29. The smallest absolute Gasteiger partial charge is 0.318 e. The number of benzene rings is 2. The van der Waals surface area contributed by atoms with E-state index in [4.69, 9.17) is 4.74 Å². The van der Waals surface area contributed by atoms with Crippen LogP contribution >= 0.6 is 0 Å². The van der Waals surface area contributed by atoms with Crippen LogP contribution in [0.1, 0.15) is 13.8 Å². The first kappa shape index (κ1) is 18.4. The average molecular weight is 365 g/mol. The molecule has 1 aromatic heterocycles. The van der Waals surface area contributed by atoms with Gasteiger partial charge in [-0.15, -0.1) is 0 Å². The lowest BCUT2D eigenvalue weighted by atomic mass is 10.0. The molecule has 27 heavy (non-hydrogen) atoms. The summed E-state index contributed by atoms with van der Waals surface area (Å²) < 4.78 is 5.59. The second-order valence-corrected chi connectivity index (χ2v) is 6.39. The number of amides is 2. The monoisotopic (exact) mass is 365 g/mol. The zero-order valence-electron chi connectivity index (χ0n) is 15.8. The number of ether oxygens (including phenoxy) is 1. The lowest BCUT2D eigenvalue weighted by Crippen LogP contribution is -2.24. The Morgan fingerprint density at radius 3 is 2.70 bits per heavy atom. The van der Waals surface area contributed by atoms with Crippen molar-refractivity contribution in [1.82, 2.24) is 15.3 Å². The van der Waals surface area contributed by atoms with Gasteiger partial charge in [0.25, 0.3) is 0 Å². The van der Waals surface area contributed by atoms with E-state index in [-0.39, 0.29) is 12.1 Å². The molecular formula is C20H23N5O2. The Balaban J connectivity index is 2.03. The third-order valence-electron chi connectivity index (χ3n) is 3.98. The number of methoxy groups -OCH3 is 1. The highest BCUT2D eigenvalue weighted by molar-refractivity contribution is 5.92. The molecule has 0 radical (unpaired) electrons. The van der Waals surface area contributed by atoms with Crippen LogP contribution in [0.4, 0.5) is 16.4 Å². The highest BCUT2D eigenvalue weighted by Gasteiger charge is 2.11. The summed E-state index contributed by atoms with van der Waals surface area (Å²) in [6.45, 7) is 4.08. The molecule has 0 fully saturated rings. The van der Waals surface area contributed by atoms with Crippen molar-refractivity contribution >= 4 is 28.6 Å². The fraction of sp³-hybridized carbons (Fsp3) is 0.250. The van der Waals surface area contributed by atoms with E-state index in [0.29, 0.717) is 17.4 Å². The van der Waals surface area contributed by atoms with E-state index in [2.05, 4.69) is 25.9 Å². The van der Waals surface area contributed by atoms with Gasteiger partial charge in [-0.3, -0.25) is 0 Å². The first-order valence-corrected chi connectivity index (χ1v) is 8.70. The first-order chi connectivity index (χ1) is 13.0. The van der Waals surface area contributed by atoms with Crippen LogP contribution in [-0.2, 0) is 0 Å². The molecule has 0 unspecified atom stereocenters. The number of nitrogens with zero attached hydrogens (tertiary/aromatic N) is 2. The van der Waals surface area contributed by atoms with Crippen LogP contribution in [0.15, 0.2) is 42.6 Å². The molecule has 0 atom stereocenters. The van der Waals surface area contributed by atoms with Crippen LogP contribution < -0.4 is 20.7 Å². The zero-order valence-corrected chi connectivity index (χ0v) is 15.8. The predicted octanol–water partition coefficient (Wildman–Crippen LogP) is 3.88. The van der Waals surface area contributed by atoms with E-state index < -0.39 is 0 Å². The van der Waals surface area contributed by atoms with E-state index in [0.717, 1.165) is 22.0 Å². The third kappa shape index (κ3) is 4.25. The highest BCUT2D eigenvalue weighted by Crippen LogP contribution is 2.34. The van der Waals surface area contributed by atoms with Gasteiger partial charge < -0.3 is 20.7 Å². The van der Waals surface area contributed by atoms with Gasteiger partial charge in [-0.2, -0.15) is 0 Å². The van der Waals surface area contributed by atoms with Gasteiger partial charge >= 0.3 is 6.03 Å². The van der Waals surface area contributed by atoms with Gasteiger partial charge in [0, 0.05) is 42.0 Å². The molecule has 3 aromatic rings. The van der Waals surface area contributed by atoms with E-state index >= 15 is 0 Å². The maximum absolute atomic E-state index is 11.6. The summed E-state index contributed by atoms with van der Waals surface area (Å²) in [5.41, 5.74) is 3.32. The standard InChI is InChI=1S/C20H23N5O2/c1-12(2)23-19-22-11-14-9-16(18(27-4)10-17(14)25-19)13-6-5-7-15(8-13)24-20(26)21-3/h5-12H,1-4H3,(H2,21,24,26)(H,22,23,25). The Kier molecular flexibility index (Phi) is 5.40. The average Bonchev–Trinajstić information content (AvgIpc) is 2.66. The normalized spacial score (nSPS) is 10.7. The Hall–Kier alpha value is -3.35. The van der Waals surface area contributed by atoms with Gasteiger partial charge in [0.2, 0.25) is 5.95 Å². The molecule has 0 saturated heterocycles. The van der Waals surface area contributed by atoms with Crippen LogP contribution in [0, 0.1) is 0 Å². The molecule has 3 N–H and O–H groups in total. The fourth-order valence-corrected chi connectivity index (χ4v) is 2.74. The molecule has 140 valence electrons. The number of hydrogen-bond donors (Lipinski definition) is 3. The molecule has 0 bridgehead atoms. The Morgan fingerprint density at radius 2 is 2.00 bits per heavy atom. The predicted molar refractivity (Wildman–Crippen MR) is 108 cm³/mol. The van der Waals surface area contributed by atoms with Crippen molar-refractivity contribution in [3.63, 3.8) is 0 Å². The molecule has 7 heteroatoms. The molecular weight excluding hydrogens is 342 g/mol. The Bertz CT molecular complexity index is 972.